The molecular formula is C14H14BrNO2S2. The van der Waals surface area contributed by atoms with Gasteiger partial charge in [0.05, 0.1) is 18.7 Å². The number of carbonyl (C=O) groups is 1. The molecule has 3 nitrogen and oxygen atoms in total. The topological polar surface area (TPSA) is 39.2 Å². The van der Waals surface area contributed by atoms with Crippen LogP contribution in [0.3, 0.4) is 0 Å². The van der Waals surface area contributed by atoms with E-state index in [4.69, 9.17) is 4.74 Å². The summed E-state index contributed by atoms with van der Waals surface area (Å²) in [5, 5.41) is 1.92. The number of ether oxygens (including phenoxy) is 1. The maximum Gasteiger partial charge on any atom is 0.311 e. The number of carbonyl (C=O) groups excluding carboxylic acids is 1. The molecule has 2 aromatic rings. The Bertz CT molecular complexity index is 569. The van der Waals surface area contributed by atoms with Gasteiger partial charge in [0, 0.05) is 15.6 Å². The molecule has 0 aliphatic heterocycles. The lowest BCUT2D eigenvalue weighted by molar-refractivity contribution is -0.142. The molecule has 0 atom stereocenters. The summed E-state index contributed by atoms with van der Waals surface area (Å²) < 4.78 is 6.97. The summed E-state index contributed by atoms with van der Waals surface area (Å²) in [5.74, 6) is 0.655. The molecule has 6 heteroatoms. The Labute approximate surface area is 134 Å². The van der Waals surface area contributed by atoms with Crippen molar-refractivity contribution in [3.8, 4) is 0 Å². The average molecular weight is 372 g/mol. The number of aromatic nitrogens is 1. The Balaban J connectivity index is 1.86. The van der Waals surface area contributed by atoms with E-state index in [0.29, 0.717) is 6.61 Å². The lowest BCUT2D eigenvalue weighted by atomic mass is 10.2. The minimum absolute atomic E-state index is 0.220. The molecule has 20 heavy (non-hydrogen) atoms. The van der Waals surface area contributed by atoms with E-state index in [9.17, 15) is 4.79 Å². The fraction of sp³-hybridized carbons (Fsp3) is 0.286. The van der Waals surface area contributed by atoms with E-state index in [-0.39, 0.29) is 12.4 Å². The van der Waals surface area contributed by atoms with Crippen molar-refractivity contribution in [3.05, 3.63) is 45.4 Å². The monoisotopic (exact) mass is 371 g/mol. The van der Waals surface area contributed by atoms with Crippen molar-refractivity contribution < 1.29 is 9.53 Å². The second-order valence-corrected chi connectivity index (χ2v) is 7.00. The van der Waals surface area contributed by atoms with Crippen LogP contribution in [0.25, 0.3) is 0 Å². The smallest absolute Gasteiger partial charge is 0.311 e. The van der Waals surface area contributed by atoms with Crippen molar-refractivity contribution in [2.45, 2.75) is 23.4 Å². The molecular weight excluding hydrogens is 358 g/mol. The molecule has 0 unspecified atom stereocenters. The number of rotatable bonds is 6. The van der Waals surface area contributed by atoms with Crippen molar-refractivity contribution >= 4 is 45.0 Å². The molecule has 1 aromatic carbocycles. The molecule has 0 bridgehead atoms. The molecule has 0 saturated carbocycles. The third kappa shape index (κ3) is 4.92. The van der Waals surface area contributed by atoms with E-state index in [1.165, 1.54) is 5.56 Å². The minimum Gasteiger partial charge on any atom is -0.466 e. The van der Waals surface area contributed by atoms with E-state index in [1.54, 1.807) is 30.0 Å². The van der Waals surface area contributed by atoms with Gasteiger partial charge in [0.2, 0.25) is 0 Å². The fourth-order valence-electron chi connectivity index (χ4n) is 1.52. The largest absolute Gasteiger partial charge is 0.466 e. The third-order valence-electron chi connectivity index (χ3n) is 2.44. The summed E-state index contributed by atoms with van der Waals surface area (Å²) in [6.45, 7) is 2.21. The summed E-state index contributed by atoms with van der Waals surface area (Å²) in [6.07, 6.45) is 0.253. The summed E-state index contributed by atoms with van der Waals surface area (Å²) in [6, 6.07) is 8.24. The van der Waals surface area contributed by atoms with Gasteiger partial charge in [-0.3, -0.25) is 4.79 Å². The fourth-order valence-corrected chi connectivity index (χ4v) is 3.59. The number of benzene rings is 1. The zero-order valence-corrected chi connectivity index (χ0v) is 14.2. The molecule has 0 saturated heterocycles. The van der Waals surface area contributed by atoms with Gasteiger partial charge in [-0.2, -0.15) is 0 Å². The molecule has 1 aromatic heterocycles. The first-order chi connectivity index (χ1) is 9.67. The zero-order chi connectivity index (χ0) is 14.4. The standard InChI is InChI=1S/C14H14BrNO2S2/c1-2-18-13(17)7-12-9-20-14(16-12)19-8-10-3-5-11(15)6-4-10/h3-6,9H,2,7-8H2,1H3. The summed E-state index contributed by atoms with van der Waals surface area (Å²) in [5.41, 5.74) is 2.03. The van der Waals surface area contributed by atoms with Gasteiger partial charge in [-0.1, -0.05) is 39.8 Å². The number of thiazole rings is 1. The third-order valence-corrected chi connectivity index (χ3v) is 5.11. The molecule has 0 spiro atoms. The Morgan fingerprint density at radius 3 is 2.85 bits per heavy atom. The van der Waals surface area contributed by atoms with Crippen LogP contribution in [-0.4, -0.2) is 17.6 Å². The van der Waals surface area contributed by atoms with E-state index in [1.807, 2.05) is 17.5 Å². The van der Waals surface area contributed by atoms with Crippen molar-refractivity contribution in [1.29, 1.82) is 0 Å². The van der Waals surface area contributed by atoms with Crippen LogP contribution in [-0.2, 0) is 21.7 Å². The Morgan fingerprint density at radius 1 is 1.40 bits per heavy atom. The molecule has 0 N–H and O–H groups in total. The van der Waals surface area contributed by atoms with Crippen LogP contribution < -0.4 is 0 Å². The maximum absolute atomic E-state index is 11.4. The van der Waals surface area contributed by atoms with Gasteiger partial charge in [-0.05, 0) is 24.6 Å². The number of esters is 1. The second-order valence-electron chi connectivity index (χ2n) is 4.00. The number of halogens is 1. The lowest BCUT2D eigenvalue weighted by Gasteiger charge is -1.99. The van der Waals surface area contributed by atoms with E-state index in [2.05, 4.69) is 33.0 Å². The molecule has 2 rings (SSSR count). The molecule has 106 valence electrons. The predicted molar refractivity (Wildman–Crippen MR) is 86.2 cm³/mol. The van der Waals surface area contributed by atoms with Crippen molar-refractivity contribution in [1.82, 2.24) is 4.98 Å². The van der Waals surface area contributed by atoms with Crippen molar-refractivity contribution in [3.63, 3.8) is 0 Å². The quantitative estimate of drug-likeness (QED) is 0.560. The highest BCUT2D eigenvalue weighted by atomic mass is 79.9. The predicted octanol–water partition coefficient (Wildman–Crippen LogP) is 4.30. The molecule has 0 fully saturated rings. The molecule has 0 radical (unpaired) electrons. The van der Waals surface area contributed by atoms with Crippen molar-refractivity contribution in [2.75, 3.05) is 6.61 Å². The van der Waals surface area contributed by atoms with Crippen LogP contribution in [0, 0.1) is 0 Å². The number of thioether (sulfide) groups is 1. The summed E-state index contributed by atoms with van der Waals surface area (Å²) in [7, 11) is 0. The van der Waals surface area contributed by atoms with Gasteiger partial charge in [-0.25, -0.2) is 4.98 Å². The number of hydrogen-bond acceptors (Lipinski definition) is 5. The lowest BCUT2D eigenvalue weighted by Crippen LogP contribution is -2.07. The molecule has 0 aliphatic carbocycles. The zero-order valence-electron chi connectivity index (χ0n) is 11.0. The second kappa shape index (κ2) is 7.81. The first kappa shape index (κ1) is 15.5. The van der Waals surface area contributed by atoms with Crippen LogP contribution in [0.15, 0.2) is 38.5 Å². The average Bonchev–Trinajstić information content (AvgIpc) is 2.86. The van der Waals surface area contributed by atoms with E-state index >= 15 is 0 Å². The van der Waals surface area contributed by atoms with Crippen LogP contribution in [0.4, 0.5) is 0 Å². The summed E-state index contributed by atoms with van der Waals surface area (Å²) >= 11 is 6.67. The normalized spacial score (nSPS) is 10.5. The molecule has 0 aliphatic rings. The summed E-state index contributed by atoms with van der Waals surface area (Å²) in [4.78, 5) is 15.8. The van der Waals surface area contributed by atoms with Gasteiger partial charge in [0.1, 0.15) is 4.34 Å². The van der Waals surface area contributed by atoms with Crippen LogP contribution in [0.2, 0.25) is 0 Å². The van der Waals surface area contributed by atoms with Gasteiger partial charge >= 0.3 is 5.97 Å². The highest BCUT2D eigenvalue weighted by Crippen LogP contribution is 2.27. The van der Waals surface area contributed by atoms with Crippen LogP contribution in [0.1, 0.15) is 18.2 Å². The number of hydrogen-bond donors (Lipinski definition) is 0. The maximum atomic E-state index is 11.4. The molecule has 1 heterocycles. The molecule has 0 amide bonds. The van der Waals surface area contributed by atoms with Crippen LogP contribution >= 0.6 is 39.0 Å². The van der Waals surface area contributed by atoms with E-state index < -0.39 is 0 Å². The van der Waals surface area contributed by atoms with Gasteiger partial charge in [0.15, 0.2) is 0 Å². The number of nitrogens with zero attached hydrogens (tertiary/aromatic N) is 1. The highest BCUT2D eigenvalue weighted by molar-refractivity contribution is 9.10. The van der Waals surface area contributed by atoms with E-state index in [0.717, 1.165) is 20.3 Å². The first-order valence-electron chi connectivity index (χ1n) is 6.14. The highest BCUT2D eigenvalue weighted by Gasteiger charge is 2.08. The first-order valence-corrected chi connectivity index (χ1v) is 8.80. The van der Waals surface area contributed by atoms with Crippen molar-refractivity contribution in [2.24, 2.45) is 0 Å². The SMILES string of the molecule is CCOC(=O)Cc1csc(SCc2ccc(Br)cc2)n1. The Morgan fingerprint density at radius 2 is 2.15 bits per heavy atom. The Hall–Kier alpha value is -0.850. The Kier molecular flexibility index (Phi) is 6.06. The van der Waals surface area contributed by atoms with Gasteiger partial charge in [0.25, 0.3) is 0 Å². The van der Waals surface area contributed by atoms with Gasteiger partial charge in [-0.15, -0.1) is 11.3 Å². The minimum atomic E-state index is -0.220. The van der Waals surface area contributed by atoms with Gasteiger partial charge < -0.3 is 4.74 Å². The van der Waals surface area contributed by atoms with Crippen LogP contribution in [0.5, 0.6) is 0 Å².